The standard InChI is InChI=1S/C11H9F.C2H6/c1-8-6-9-4-2-3-5-10(9)11(12)7-8;1-2/h2-7H,1H3;1-2H3. The number of hydrogen-bond donors (Lipinski definition) is 0. The maximum absolute atomic E-state index is 13.2. The first-order chi connectivity index (χ1) is 6.77. The second-order valence-corrected chi connectivity index (χ2v) is 2.97. The number of benzene rings is 2. The average molecular weight is 190 g/mol. The van der Waals surface area contributed by atoms with Crippen molar-refractivity contribution in [3.8, 4) is 0 Å². The van der Waals surface area contributed by atoms with Crippen LogP contribution in [0.25, 0.3) is 10.8 Å². The van der Waals surface area contributed by atoms with Crippen molar-refractivity contribution < 1.29 is 4.39 Å². The Labute approximate surface area is 84.4 Å². The molecule has 0 amide bonds. The molecule has 14 heavy (non-hydrogen) atoms. The van der Waals surface area contributed by atoms with Gasteiger partial charge in [0.2, 0.25) is 0 Å². The van der Waals surface area contributed by atoms with Crippen molar-refractivity contribution in [1.29, 1.82) is 0 Å². The number of aryl methyl sites for hydroxylation is 1. The largest absolute Gasteiger partial charge is 0.206 e. The first-order valence-corrected chi connectivity index (χ1v) is 4.92. The molecular weight excluding hydrogens is 175 g/mol. The molecule has 0 aromatic heterocycles. The molecule has 0 nitrogen and oxygen atoms in total. The molecule has 0 aliphatic carbocycles. The molecule has 0 unspecified atom stereocenters. The fraction of sp³-hybridized carbons (Fsp3) is 0.231. The van der Waals surface area contributed by atoms with Crippen LogP contribution in [-0.2, 0) is 0 Å². The molecule has 2 aromatic rings. The minimum atomic E-state index is -0.134. The summed E-state index contributed by atoms with van der Waals surface area (Å²) in [6, 6.07) is 11.0. The van der Waals surface area contributed by atoms with E-state index in [4.69, 9.17) is 0 Å². The normalized spacial score (nSPS) is 9.43. The Morgan fingerprint density at radius 2 is 1.64 bits per heavy atom. The van der Waals surface area contributed by atoms with Crippen LogP contribution in [0.5, 0.6) is 0 Å². The highest BCUT2D eigenvalue weighted by Gasteiger charge is 1.99. The molecule has 0 saturated carbocycles. The maximum Gasteiger partial charge on any atom is 0.131 e. The first-order valence-electron chi connectivity index (χ1n) is 4.92. The van der Waals surface area contributed by atoms with E-state index in [0.29, 0.717) is 5.39 Å². The topological polar surface area (TPSA) is 0 Å². The van der Waals surface area contributed by atoms with Crippen molar-refractivity contribution in [2.45, 2.75) is 20.8 Å². The quantitative estimate of drug-likeness (QED) is 0.580. The van der Waals surface area contributed by atoms with Gasteiger partial charge in [-0.3, -0.25) is 0 Å². The molecule has 0 bridgehead atoms. The van der Waals surface area contributed by atoms with Crippen molar-refractivity contribution in [3.63, 3.8) is 0 Å². The lowest BCUT2D eigenvalue weighted by Crippen LogP contribution is -1.81. The molecule has 74 valence electrons. The summed E-state index contributed by atoms with van der Waals surface area (Å²) in [5.41, 5.74) is 0.964. The number of fused-ring (bicyclic) bond motifs is 1. The molecule has 0 aliphatic heterocycles. The van der Waals surface area contributed by atoms with Gasteiger partial charge in [0.15, 0.2) is 0 Å². The summed E-state index contributed by atoms with van der Waals surface area (Å²) in [5, 5.41) is 1.66. The Morgan fingerprint density at radius 3 is 2.36 bits per heavy atom. The fourth-order valence-electron chi connectivity index (χ4n) is 1.40. The van der Waals surface area contributed by atoms with Crippen molar-refractivity contribution >= 4 is 10.8 Å². The monoisotopic (exact) mass is 190 g/mol. The van der Waals surface area contributed by atoms with Crippen LogP contribution in [0, 0.1) is 12.7 Å². The molecule has 0 saturated heterocycles. The Kier molecular flexibility index (Phi) is 3.63. The van der Waals surface area contributed by atoms with Crippen LogP contribution in [0.4, 0.5) is 4.39 Å². The van der Waals surface area contributed by atoms with Crippen LogP contribution in [0.2, 0.25) is 0 Å². The lowest BCUT2D eigenvalue weighted by molar-refractivity contribution is 0.639. The lowest BCUT2D eigenvalue weighted by atomic mass is 10.1. The number of hydrogen-bond acceptors (Lipinski definition) is 0. The molecule has 2 rings (SSSR count). The molecule has 0 radical (unpaired) electrons. The Balaban J connectivity index is 0.000000461. The summed E-state index contributed by atoms with van der Waals surface area (Å²) >= 11 is 0. The fourth-order valence-corrected chi connectivity index (χ4v) is 1.40. The minimum absolute atomic E-state index is 0.134. The number of halogens is 1. The summed E-state index contributed by atoms with van der Waals surface area (Å²) in [6.45, 7) is 5.90. The van der Waals surface area contributed by atoms with Gasteiger partial charge in [0.05, 0.1) is 0 Å². The molecule has 0 N–H and O–H groups in total. The molecule has 2 aromatic carbocycles. The van der Waals surface area contributed by atoms with E-state index in [0.717, 1.165) is 10.9 Å². The van der Waals surface area contributed by atoms with Crippen molar-refractivity contribution in [3.05, 3.63) is 47.8 Å². The SMILES string of the molecule is CC.Cc1cc(F)c2ccccc2c1. The van der Waals surface area contributed by atoms with E-state index in [1.165, 1.54) is 0 Å². The van der Waals surface area contributed by atoms with Gasteiger partial charge in [0.25, 0.3) is 0 Å². The lowest BCUT2D eigenvalue weighted by Gasteiger charge is -1.99. The summed E-state index contributed by atoms with van der Waals surface area (Å²) < 4.78 is 13.2. The smallest absolute Gasteiger partial charge is 0.131 e. The van der Waals surface area contributed by atoms with Gasteiger partial charge in [-0.05, 0) is 23.9 Å². The zero-order chi connectivity index (χ0) is 10.6. The van der Waals surface area contributed by atoms with E-state index in [1.54, 1.807) is 12.1 Å². The van der Waals surface area contributed by atoms with E-state index < -0.39 is 0 Å². The molecule has 0 spiro atoms. The maximum atomic E-state index is 13.2. The van der Waals surface area contributed by atoms with Crippen LogP contribution >= 0.6 is 0 Å². The zero-order valence-corrected chi connectivity index (χ0v) is 8.84. The van der Waals surface area contributed by atoms with Gasteiger partial charge in [-0.2, -0.15) is 0 Å². The highest BCUT2D eigenvalue weighted by atomic mass is 19.1. The van der Waals surface area contributed by atoms with Gasteiger partial charge in [-0.1, -0.05) is 44.2 Å². The van der Waals surface area contributed by atoms with E-state index in [2.05, 4.69) is 0 Å². The van der Waals surface area contributed by atoms with Crippen molar-refractivity contribution in [2.75, 3.05) is 0 Å². The van der Waals surface area contributed by atoms with Gasteiger partial charge in [-0.25, -0.2) is 4.39 Å². The molecule has 1 heteroatoms. The van der Waals surface area contributed by atoms with E-state index in [1.807, 2.05) is 45.0 Å². The van der Waals surface area contributed by atoms with Gasteiger partial charge in [-0.15, -0.1) is 0 Å². The summed E-state index contributed by atoms with van der Waals surface area (Å²) in [4.78, 5) is 0. The molecular formula is C13H15F. The Hall–Kier alpha value is -1.37. The third-order valence-electron chi connectivity index (χ3n) is 1.96. The van der Waals surface area contributed by atoms with Gasteiger partial charge in [0, 0.05) is 5.39 Å². The number of rotatable bonds is 0. The molecule has 0 heterocycles. The molecule has 0 aliphatic rings. The first kappa shape index (κ1) is 10.7. The second kappa shape index (κ2) is 4.75. The highest BCUT2D eigenvalue weighted by molar-refractivity contribution is 5.83. The third kappa shape index (κ3) is 2.11. The highest BCUT2D eigenvalue weighted by Crippen LogP contribution is 2.18. The van der Waals surface area contributed by atoms with Crippen LogP contribution in [0.15, 0.2) is 36.4 Å². The molecule has 0 fully saturated rings. The second-order valence-electron chi connectivity index (χ2n) is 2.97. The Bertz CT molecular complexity index is 419. The van der Waals surface area contributed by atoms with E-state index in [-0.39, 0.29) is 5.82 Å². The molecule has 0 atom stereocenters. The van der Waals surface area contributed by atoms with Crippen LogP contribution < -0.4 is 0 Å². The van der Waals surface area contributed by atoms with Crippen molar-refractivity contribution in [2.24, 2.45) is 0 Å². The van der Waals surface area contributed by atoms with Crippen LogP contribution in [0.3, 0.4) is 0 Å². The van der Waals surface area contributed by atoms with Crippen molar-refractivity contribution in [1.82, 2.24) is 0 Å². The van der Waals surface area contributed by atoms with E-state index >= 15 is 0 Å². The average Bonchev–Trinajstić information content (AvgIpc) is 2.20. The third-order valence-corrected chi connectivity index (χ3v) is 1.96. The van der Waals surface area contributed by atoms with Crippen LogP contribution in [-0.4, -0.2) is 0 Å². The predicted molar refractivity (Wildman–Crippen MR) is 60.0 cm³/mol. The van der Waals surface area contributed by atoms with Crippen LogP contribution in [0.1, 0.15) is 19.4 Å². The van der Waals surface area contributed by atoms with Gasteiger partial charge < -0.3 is 0 Å². The summed E-state index contributed by atoms with van der Waals surface area (Å²) in [6.07, 6.45) is 0. The summed E-state index contributed by atoms with van der Waals surface area (Å²) in [7, 11) is 0. The minimum Gasteiger partial charge on any atom is -0.206 e. The van der Waals surface area contributed by atoms with E-state index in [9.17, 15) is 4.39 Å². The zero-order valence-electron chi connectivity index (χ0n) is 8.84. The van der Waals surface area contributed by atoms with Gasteiger partial charge >= 0.3 is 0 Å². The summed E-state index contributed by atoms with van der Waals surface area (Å²) in [5.74, 6) is -0.134. The van der Waals surface area contributed by atoms with Gasteiger partial charge in [0.1, 0.15) is 5.82 Å². The predicted octanol–water partition coefficient (Wildman–Crippen LogP) is 4.31. The Morgan fingerprint density at radius 1 is 1.00 bits per heavy atom.